The molecule has 1 fully saturated rings. The number of anilines is 2. The van der Waals surface area contributed by atoms with E-state index in [0.717, 1.165) is 6.20 Å². The molecule has 38 heavy (non-hydrogen) atoms. The van der Waals surface area contributed by atoms with Crippen LogP contribution < -0.4 is 20.3 Å². The molecule has 2 aliphatic heterocycles. The number of hydrogen-bond acceptors (Lipinski definition) is 8. The third-order valence-corrected chi connectivity index (χ3v) is 6.57. The van der Waals surface area contributed by atoms with Crippen LogP contribution in [0.2, 0.25) is 5.02 Å². The number of pyridine rings is 1. The van der Waals surface area contributed by atoms with Gasteiger partial charge in [0, 0.05) is 35.1 Å². The molecule has 2 N–H and O–H groups in total. The Morgan fingerprint density at radius 3 is 2.79 bits per heavy atom. The highest BCUT2D eigenvalue weighted by Crippen LogP contribution is 2.36. The van der Waals surface area contributed by atoms with E-state index in [2.05, 4.69) is 20.7 Å². The highest BCUT2D eigenvalue weighted by Gasteiger charge is 2.25. The Balaban J connectivity index is 1.46. The Morgan fingerprint density at radius 1 is 1.13 bits per heavy atom. The molecule has 194 valence electrons. The first-order valence-electron chi connectivity index (χ1n) is 11.8. The Morgan fingerprint density at radius 2 is 2.00 bits per heavy atom. The fourth-order valence-corrected chi connectivity index (χ4v) is 4.64. The zero-order valence-electron chi connectivity index (χ0n) is 20.1. The molecule has 2 bridgehead atoms. The van der Waals surface area contributed by atoms with Crippen molar-refractivity contribution in [1.29, 1.82) is 0 Å². The molecule has 0 aliphatic carbocycles. The Labute approximate surface area is 220 Å². The average Bonchev–Trinajstić information content (AvgIpc) is 3.52. The summed E-state index contributed by atoms with van der Waals surface area (Å²) in [5, 5.41) is 10.7. The van der Waals surface area contributed by atoms with Crippen molar-refractivity contribution >= 4 is 40.8 Å². The fourth-order valence-electron chi connectivity index (χ4n) is 4.37. The lowest BCUT2D eigenvalue weighted by atomic mass is 10.1. The van der Waals surface area contributed by atoms with Gasteiger partial charge in [-0.2, -0.15) is 5.10 Å². The van der Waals surface area contributed by atoms with Crippen LogP contribution in [0.1, 0.15) is 22.8 Å². The molecule has 0 saturated carbocycles. The van der Waals surface area contributed by atoms with Crippen LogP contribution in [-0.2, 0) is 11.3 Å². The van der Waals surface area contributed by atoms with Gasteiger partial charge in [0.05, 0.1) is 30.5 Å². The number of nitrogens with zero attached hydrogens (tertiary/aromatic N) is 5. The second-order valence-electron chi connectivity index (χ2n) is 8.87. The lowest BCUT2D eigenvalue weighted by molar-refractivity contribution is 0.0932. The van der Waals surface area contributed by atoms with E-state index < -0.39 is 18.0 Å². The number of hydrogen-bond donors (Lipinski definition) is 2. The minimum Gasteiger partial charge on any atom is -0.473 e. The molecule has 4 aromatic rings. The predicted molar refractivity (Wildman–Crippen MR) is 136 cm³/mol. The second kappa shape index (κ2) is 9.45. The van der Waals surface area contributed by atoms with Gasteiger partial charge in [0.1, 0.15) is 29.9 Å². The van der Waals surface area contributed by atoms with Crippen LogP contribution >= 0.6 is 11.6 Å². The summed E-state index contributed by atoms with van der Waals surface area (Å²) in [6.45, 7) is 2.83. The van der Waals surface area contributed by atoms with Gasteiger partial charge in [-0.25, -0.2) is 23.7 Å². The summed E-state index contributed by atoms with van der Waals surface area (Å²) in [6.07, 6.45) is 3.35. The molecule has 11 nitrogen and oxygen atoms in total. The predicted octanol–water partition coefficient (Wildman–Crippen LogP) is 3.66. The summed E-state index contributed by atoms with van der Waals surface area (Å²) < 4.78 is 26.5. The van der Waals surface area contributed by atoms with Crippen molar-refractivity contribution in [2.45, 2.75) is 19.6 Å². The lowest BCUT2D eigenvalue weighted by Gasteiger charge is -2.18. The maximum Gasteiger partial charge on any atom is 0.414 e. The van der Waals surface area contributed by atoms with Crippen molar-refractivity contribution in [2.75, 3.05) is 29.9 Å². The molecular formula is C25H21ClFN7O4. The van der Waals surface area contributed by atoms with Gasteiger partial charge in [0.2, 0.25) is 5.88 Å². The highest BCUT2D eigenvalue weighted by atomic mass is 35.5. The number of carbonyl (C=O) groups excluding carboxylic acids is 2. The number of halogens is 2. The number of rotatable bonds is 2. The van der Waals surface area contributed by atoms with Crippen molar-refractivity contribution < 1.29 is 23.5 Å². The zero-order chi connectivity index (χ0) is 26.4. The van der Waals surface area contributed by atoms with E-state index in [1.807, 2.05) is 0 Å². The molecule has 1 aromatic carbocycles. The van der Waals surface area contributed by atoms with E-state index in [-0.39, 0.29) is 30.4 Å². The first-order chi connectivity index (χ1) is 18.4. The fraction of sp³-hybridized carbons (Fsp3) is 0.240. The largest absolute Gasteiger partial charge is 0.473 e. The molecule has 1 atom stereocenters. The quantitative estimate of drug-likeness (QED) is 0.397. The van der Waals surface area contributed by atoms with Crippen LogP contribution in [0.3, 0.4) is 0 Å². The van der Waals surface area contributed by atoms with Crippen molar-refractivity contribution in [3.05, 3.63) is 64.8 Å². The lowest BCUT2D eigenvalue weighted by Crippen LogP contribution is -2.33. The number of nitrogens with one attached hydrogen (secondary N) is 2. The summed E-state index contributed by atoms with van der Waals surface area (Å²) in [6, 6.07) is 6.53. The van der Waals surface area contributed by atoms with Crippen LogP contribution in [-0.4, -0.2) is 57.4 Å². The van der Waals surface area contributed by atoms with E-state index in [1.54, 1.807) is 31.3 Å². The number of carbonyl (C=O) groups is 2. The molecule has 0 unspecified atom stereocenters. The molecular weight excluding hydrogens is 517 g/mol. The second-order valence-corrected chi connectivity index (χ2v) is 9.28. The molecule has 3 aromatic heterocycles. The summed E-state index contributed by atoms with van der Waals surface area (Å²) in [5.74, 6) is -0.261. The van der Waals surface area contributed by atoms with E-state index >= 15 is 0 Å². The SMILES string of the molecule is C[C@H]1CNC(=O)c2cnn3cc(-c4ccc(N5CCOC5=O)cc4Cl)c(nc23)NCc2cc(F)cnc2O1. The van der Waals surface area contributed by atoms with Gasteiger partial charge in [-0.3, -0.25) is 9.69 Å². The number of benzene rings is 1. The zero-order valence-corrected chi connectivity index (χ0v) is 20.8. The van der Waals surface area contributed by atoms with Crippen LogP contribution in [0.15, 0.2) is 42.9 Å². The normalized spacial score (nSPS) is 17.6. The van der Waals surface area contributed by atoms with Crippen molar-refractivity contribution in [3.8, 4) is 17.0 Å². The van der Waals surface area contributed by atoms with Crippen LogP contribution in [0.4, 0.5) is 20.7 Å². The van der Waals surface area contributed by atoms with Crippen molar-refractivity contribution in [3.63, 3.8) is 0 Å². The van der Waals surface area contributed by atoms with E-state index in [1.165, 1.54) is 21.7 Å². The van der Waals surface area contributed by atoms with Crippen LogP contribution in [0, 0.1) is 5.82 Å². The molecule has 0 spiro atoms. The third kappa shape index (κ3) is 4.32. The Kier molecular flexibility index (Phi) is 5.95. The summed E-state index contributed by atoms with van der Waals surface area (Å²) in [4.78, 5) is 35.2. The van der Waals surface area contributed by atoms with E-state index in [4.69, 9.17) is 26.1 Å². The summed E-state index contributed by atoms with van der Waals surface area (Å²) in [7, 11) is 0. The number of fused-ring (bicyclic) bond motifs is 2. The van der Waals surface area contributed by atoms with Gasteiger partial charge >= 0.3 is 6.09 Å². The maximum absolute atomic E-state index is 14.1. The number of ether oxygens (including phenoxy) is 2. The van der Waals surface area contributed by atoms with Crippen molar-refractivity contribution in [1.82, 2.24) is 24.9 Å². The highest BCUT2D eigenvalue weighted by molar-refractivity contribution is 6.34. The van der Waals surface area contributed by atoms with E-state index in [0.29, 0.717) is 52.0 Å². The van der Waals surface area contributed by atoms with Crippen molar-refractivity contribution in [2.24, 2.45) is 0 Å². The first kappa shape index (κ1) is 23.9. The van der Waals surface area contributed by atoms with Gasteiger partial charge < -0.3 is 20.1 Å². The Bertz CT molecular complexity index is 1590. The van der Waals surface area contributed by atoms with Gasteiger partial charge in [0.25, 0.3) is 5.91 Å². The number of amides is 2. The Hall–Kier alpha value is -4.45. The maximum atomic E-state index is 14.1. The molecule has 13 heteroatoms. The third-order valence-electron chi connectivity index (χ3n) is 6.25. The molecule has 6 rings (SSSR count). The number of aromatic nitrogens is 4. The average molecular weight is 538 g/mol. The monoisotopic (exact) mass is 537 g/mol. The van der Waals surface area contributed by atoms with Gasteiger partial charge in [-0.1, -0.05) is 17.7 Å². The van der Waals surface area contributed by atoms with Crippen LogP contribution in [0.25, 0.3) is 16.8 Å². The van der Waals surface area contributed by atoms with Gasteiger partial charge in [0.15, 0.2) is 5.65 Å². The minimum absolute atomic E-state index is 0.128. The minimum atomic E-state index is -0.514. The van der Waals surface area contributed by atoms with Gasteiger partial charge in [-0.05, 0) is 25.1 Å². The molecule has 5 heterocycles. The molecule has 2 amide bonds. The summed E-state index contributed by atoms with van der Waals surface area (Å²) >= 11 is 6.69. The summed E-state index contributed by atoms with van der Waals surface area (Å²) in [5.41, 5.74) is 2.85. The smallest absolute Gasteiger partial charge is 0.414 e. The topological polar surface area (TPSA) is 123 Å². The standard InChI is InChI=1S/C25H21ClFN7O4/c1-13-8-29-23(35)18-11-31-34-12-19(17-3-2-16(7-20(17)26)33-4-5-37-25(33)36)21(32-22(18)34)28-9-14-6-15(27)10-30-24(14)38-13/h2-3,6-7,10-13H,4-5,8-9H2,1H3,(H,28,32)(H,29,35)/t13-/m0/s1. The molecule has 1 saturated heterocycles. The van der Waals surface area contributed by atoms with Gasteiger partial charge in [-0.15, -0.1) is 0 Å². The number of cyclic esters (lactones) is 1. The molecule has 2 aliphatic rings. The first-order valence-corrected chi connectivity index (χ1v) is 12.2. The van der Waals surface area contributed by atoms with Crippen LogP contribution in [0.5, 0.6) is 5.88 Å². The molecule has 0 radical (unpaired) electrons. The van der Waals surface area contributed by atoms with E-state index in [9.17, 15) is 14.0 Å².